The van der Waals surface area contributed by atoms with Gasteiger partial charge in [0.05, 0.1) is 0 Å². The molecule has 1 nitrogen and oxygen atoms in total. The van der Waals surface area contributed by atoms with Crippen LogP contribution in [0.1, 0.15) is 26.3 Å². The summed E-state index contributed by atoms with van der Waals surface area (Å²) in [6, 6.07) is 8.55. The Bertz CT molecular complexity index is 315. The Morgan fingerprint density at radius 2 is 2.00 bits per heavy atom. The molecule has 1 unspecified atom stereocenters. The summed E-state index contributed by atoms with van der Waals surface area (Å²) in [5, 5.41) is 4.18. The fourth-order valence-corrected chi connectivity index (χ4v) is 1.95. The molecule has 1 N–H and O–H groups in total. The Hall–Kier alpha value is -0.530. The summed E-state index contributed by atoms with van der Waals surface area (Å²) in [4.78, 5) is 0. The second-order valence-corrected chi connectivity index (χ2v) is 5.48. The first-order valence-corrected chi connectivity index (χ1v) is 5.73. The van der Waals surface area contributed by atoms with Crippen molar-refractivity contribution in [2.75, 3.05) is 7.05 Å². The number of hydrogen-bond donors (Lipinski definition) is 1. The number of benzene rings is 1. The maximum Gasteiger partial charge on any atom is 0.0408 e. The fourth-order valence-electron chi connectivity index (χ4n) is 1.74. The van der Waals surface area contributed by atoms with Crippen molar-refractivity contribution in [2.24, 2.45) is 5.41 Å². The first-order chi connectivity index (χ1) is 6.93. The highest BCUT2D eigenvalue weighted by Gasteiger charge is 2.22. The molecule has 0 fully saturated rings. The van der Waals surface area contributed by atoms with Gasteiger partial charge in [-0.3, -0.25) is 0 Å². The van der Waals surface area contributed by atoms with E-state index < -0.39 is 0 Å². The molecule has 0 aliphatic carbocycles. The lowest BCUT2D eigenvalue weighted by molar-refractivity contribution is 0.280. The maximum absolute atomic E-state index is 5.97. The van der Waals surface area contributed by atoms with Gasteiger partial charge < -0.3 is 5.32 Å². The SMILES string of the molecule is CNC(Cc1cccc(Cl)c1)C(C)(C)C. The molecule has 2 heteroatoms. The molecule has 0 amide bonds. The Morgan fingerprint density at radius 1 is 1.33 bits per heavy atom. The zero-order chi connectivity index (χ0) is 11.5. The van der Waals surface area contributed by atoms with Crippen LogP contribution in [0.4, 0.5) is 0 Å². The lowest BCUT2D eigenvalue weighted by atomic mass is 9.83. The molecule has 0 spiro atoms. The van der Waals surface area contributed by atoms with Gasteiger partial charge in [0, 0.05) is 11.1 Å². The lowest BCUT2D eigenvalue weighted by Crippen LogP contribution is -2.39. The molecule has 0 saturated carbocycles. The molecule has 0 saturated heterocycles. The zero-order valence-electron chi connectivity index (χ0n) is 9.97. The maximum atomic E-state index is 5.97. The van der Waals surface area contributed by atoms with E-state index in [0.717, 1.165) is 11.4 Å². The molecule has 1 aromatic rings. The van der Waals surface area contributed by atoms with Crippen LogP contribution in [0, 0.1) is 5.41 Å². The highest BCUT2D eigenvalue weighted by atomic mass is 35.5. The summed E-state index contributed by atoms with van der Waals surface area (Å²) in [5.41, 5.74) is 1.55. The van der Waals surface area contributed by atoms with E-state index >= 15 is 0 Å². The molecule has 0 aliphatic heterocycles. The van der Waals surface area contributed by atoms with Crippen LogP contribution in [0.3, 0.4) is 0 Å². The van der Waals surface area contributed by atoms with Crippen molar-refractivity contribution < 1.29 is 0 Å². The minimum absolute atomic E-state index is 0.261. The normalized spacial score (nSPS) is 13.9. The van der Waals surface area contributed by atoms with E-state index in [9.17, 15) is 0 Å². The van der Waals surface area contributed by atoms with Gasteiger partial charge in [0.2, 0.25) is 0 Å². The van der Waals surface area contributed by atoms with Crippen molar-refractivity contribution in [2.45, 2.75) is 33.2 Å². The van der Waals surface area contributed by atoms with E-state index in [1.807, 2.05) is 25.2 Å². The van der Waals surface area contributed by atoms with E-state index in [1.165, 1.54) is 5.56 Å². The van der Waals surface area contributed by atoms with Gasteiger partial charge >= 0.3 is 0 Å². The molecule has 1 rings (SSSR count). The molecule has 0 aromatic heterocycles. The monoisotopic (exact) mass is 225 g/mol. The van der Waals surface area contributed by atoms with Gasteiger partial charge in [-0.15, -0.1) is 0 Å². The van der Waals surface area contributed by atoms with E-state index in [-0.39, 0.29) is 5.41 Å². The third-order valence-corrected chi connectivity index (χ3v) is 2.96. The molecular formula is C13H20ClN. The number of likely N-dealkylation sites (N-methyl/N-ethyl adjacent to an activating group) is 1. The summed E-state index contributed by atoms with van der Waals surface area (Å²) in [6.45, 7) is 6.75. The zero-order valence-corrected chi connectivity index (χ0v) is 10.7. The number of hydrogen-bond acceptors (Lipinski definition) is 1. The quantitative estimate of drug-likeness (QED) is 0.830. The molecule has 15 heavy (non-hydrogen) atoms. The van der Waals surface area contributed by atoms with Gasteiger partial charge in [0.25, 0.3) is 0 Å². The summed E-state index contributed by atoms with van der Waals surface area (Å²) < 4.78 is 0. The third-order valence-electron chi connectivity index (χ3n) is 2.72. The summed E-state index contributed by atoms with van der Waals surface area (Å²) in [7, 11) is 2.01. The lowest BCUT2D eigenvalue weighted by Gasteiger charge is -2.30. The molecule has 0 bridgehead atoms. The van der Waals surface area contributed by atoms with Gasteiger partial charge in [0.1, 0.15) is 0 Å². The molecule has 0 radical (unpaired) electrons. The van der Waals surface area contributed by atoms with Crippen LogP contribution in [0.2, 0.25) is 5.02 Å². The van der Waals surface area contributed by atoms with Crippen LogP contribution in [-0.2, 0) is 6.42 Å². The predicted octanol–water partition coefficient (Wildman–Crippen LogP) is 3.52. The first kappa shape index (κ1) is 12.5. The molecular weight excluding hydrogens is 206 g/mol. The van der Waals surface area contributed by atoms with E-state index in [2.05, 4.69) is 32.2 Å². The van der Waals surface area contributed by atoms with Crippen LogP contribution in [0.5, 0.6) is 0 Å². The van der Waals surface area contributed by atoms with Crippen molar-refractivity contribution in [1.29, 1.82) is 0 Å². The van der Waals surface area contributed by atoms with Gasteiger partial charge in [-0.05, 0) is 36.6 Å². The number of nitrogens with one attached hydrogen (secondary N) is 1. The second kappa shape index (κ2) is 5.00. The Labute approximate surface area is 97.8 Å². The topological polar surface area (TPSA) is 12.0 Å². The minimum atomic E-state index is 0.261. The second-order valence-electron chi connectivity index (χ2n) is 5.04. The van der Waals surface area contributed by atoms with Gasteiger partial charge in [-0.1, -0.05) is 44.5 Å². The number of halogens is 1. The van der Waals surface area contributed by atoms with Crippen LogP contribution < -0.4 is 5.32 Å². The molecule has 0 heterocycles. The average Bonchev–Trinajstić information content (AvgIpc) is 2.12. The molecule has 0 aliphatic rings. The highest BCUT2D eigenvalue weighted by molar-refractivity contribution is 6.30. The standard InChI is InChI=1S/C13H20ClN/c1-13(2,3)12(15-4)9-10-6-5-7-11(14)8-10/h5-8,12,15H,9H2,1-4H3. The summed E-state index contributed by atoms with van der Waals surface area (Å²) >= 11 is 5.97. The number of rotatable bonds is 3. The van der Waals surface area contributed by atoms with Crippen molar-refractivity contribution in [3.63, 3.8) is 0 Å². The van der Waals surface area contributed by atoms with E-state index in [4.69, 9.17) is 11.6 Å². The fraction of sp³-hybridized carbons (Fsp3) is 0.538. The minimum Gasteiger partial charge on any atom is -0.316 e. The van der Waals surface area contributed by atoms with Crippen LogP contribution >= 0.6 is 11.6 Å². The average molecular weight is 226 g/mol. The van der Waals surface area contributed by atoms with Crippen LogP contribution in [-0.4, -0.2) is 13.1 Å². The highest BCUT2D eigenvalue weighted by Crippen LogP contribution is 2.23. The summed E-state index contributed by atoms with van der Waals surface area (Å²) in [5.74, 6) is 0. The smallest absolute Gasteiger partial charge is 0.0408 e. The van der Waals surface area contributed by atoms with Crippen molar-refractivity contribution in [3.8, 4) is 0 Å². The van der Waals surface area contributed by atoms with Gasteiger partial charge in [-0.25, -0.2) is 0 Å². The van der Waals surface area contributed by atoms with Gasteiger partial charge in [-0.2, -0.15) is 0 Å². The Balaban J connectivity index is 2.76. The Morgan fingerprint density at radius 3 is 2.47 bits per heavy atom. The van der Waals surface area contributed by atoms with Crippen molar-refractivity contribution in [1.82, 2.24) is 5.32 Å². The van der Waals surface area contributed by atoms with E-state index in [0.29, 0.717) is 6.04 Å². The van der Waals surface area contributed by atoms with E-state index in [1.54, 1.807) is 0 Å². The van der Waals surface area contributed by atoms with Gasteiger partial charge in [0.15, 0.2) is 0 Å². The van der Waals surface area contributed by atoms with Crippen LogP contribution in [0.25, 0.3) is 0 Å². The largest absolute Gasteiger partial charge is 0.316 e. The molecule has 84 valence electrons. The third kappa shape index (κ3) is 3.84. The van der Waals surface area contributed by atoms with Crippen molar-refractivity contribution >= 4 is 11.6 Å². The van der Waals surface area contributed by atoms with Crippen LogP contribution in [0.15, 0.2) is 24.3 Å². The predicted molar refractivity (Wildman–Crippen MR) is 67.5 cm³/mol. The molecule has 1 atom stereocenters. The Kier molecular flexibility index (Phi) is 4.18. The molecule has 1 aromatic carbocycles. The van der Waals surface area contributed by atoms with Crippen molar-refractivity contribution in [3.05, 3.63) is 34.9 Å². The first-order valence-electron chi connectivity index (χ1n) is 5.35. The summed E-state index contributed by atoms with van der Waals surface area (Å²) in [6.07, 6.45) is 1.01.